The van der Waals surface area contributed by atoms with Crippen LogP contribution in [0.5, 0.6) is 0 Å². The second kappa shape index (κ2) is 7.11. The molecule has 1 aromatic carbocycles. The lowest BCUT2D eigenvalue weighted by Gasteiger charge is -2.18. The molecular weight excluding hydrogens is 268 g/mol. The number of benzene rings is 1. The first-order valence-corrected chi connectivity index (χ1v) is 7.48. The average Bonchev–Trinajstić information content (AvgIpc) is 2.69. The van der Waals surface area contributed by atoms with E-state index in [1.54, 1.807) is 19.1 Å². The molecule has 0 spiro atoms. The maximum absolute atomic E-state index is 12.1. The second-order valence-electron chi connectivity index (χ2n) is 5.59. The van der Waals surface area contributed by atoms with Crippen LogP contribution in [0.15, 0.2) is 18.2 Å². The zero-order valence-electron chi connectivity index (χ0n) is 12.3. The zero-order chi connectivity index (χ0) is 15.2. The van der Waals surface area contributed by atoms with E-state index in [1.807, 2.05) is 0 Å². The first-order valence-electron chi connectivity index (χ1n) is 7.48. The number of aryl methyl sites for hydroxylation is 1. The van der Waals surface area contributed by atoms with E-state index in [4.69, 9.17) is 0 Å². The van der Waals surface area contributed by atoms with Crippen LogP contribution < -0.4 is 10.6 Å². The van der Waals surface area contributed by atoms with Crippen molar-refractivity contribution >= 4 is 17.7 Å². The molecule has 0 bridgehead atoms. The van der Waals surface area contributed by atoms with Gasteiger partial charge in [0.25, 0.3) is 0 Å². The Kier molecular flexibility index (Phi) is 5.20. The lowest BCUT2D eigenvalue weighted by molar-refractivity contribution is 0.0698. The Hall–Kier alpha value is -2.04. The minimum Gasteiger partial charge on any atom is -0.478 e. The summed E-state index contributed by atoms with van der Waals surface area (Å²) in [5.74, 6) is -1.04. The highest BCUT2D eigenvalue weighted by atomic mass is 16.4. The number of hydrogen-bond donors (Lipinski definition) is 3. The lowest BCUT2D eigenvalue weighted by Crippen LogP contribution is -2.38. The minimum absolute atomic E-state index is 0.117. The first kappa shape index (κ1) is 15.4. The summed E-state index contributed by atoms with van der Waals surface area (Å²) in [6.07, 6.45) is 6.70. The van der Waals surface area contributed by atoms with Gasteiger partial charge in [-0.1, -0.05) is 37.8 Å². The maximum Gasteiger partial charge on any atom is 0.337 e. The number of hydrogen-bond acceptors (Lipinski definition) is 2. The molecule has 1 aromatic rings. The largest absolute Gasteiger partial charge is 0.478 e. The van der Waals surface area contributed by atoms with Crippen LogP contribution in [-0.2, 0) is 0 Å². The predicted molar refractivity (Wildman–Crippen MR) is 81.8 cm³/mol. The second-order valence-corrected chi connectivity index (χ2v) is 5.59. The molecule has 0 saturated heterocycles. The van der Waals surface area contributed by atoms with Crippen molar-refractivity contribution in [2.24, 2.45) is 0 Å². The number of nitrogens with one attached hydrogen (secondary N) is 2. The van der Waals surface area contributed by atoms with Crippen LogP contribution in [0.4, 0.5) is 10.5 Å². The number of anilines is 1. The van der Waals surface area contributed by atoms with Crippen LogP contribution >= 0.6 is 0 Å². The summed E-state index contributed by atoms with van der Waals surface area (Å²) >= 11 is 0. The number of rotatable bonds is 3. The van der Waals surface area contributed by atoms with Crippen LogP contribution in [0.1, 0.15) is 54.4 Å². The van der Waals surface area contributed by atoms with Gasteiger partial charge in [-0.3, -0.25) is 0 Å². The molecule has 0 unspecified atom stereocenters. The SMILES string of the molecule is Cc1cccc(C(=O)O)c1NC(=O)NC1CCCCCC1. The van der Waals surface area contributed by atoms with Crippen molar-refractivity contribution in [2.45, 2.75) is 51.5 Å². The molecule has 0 heterocycles. The number of carboxylic acid groups (broad SMARTS) is 1. The third-order valence-corrected chi connectivity index (χ3v) is 3.93. The van der Waals surface area contributed by atoms with Gasteiger partial charge in [-0.25, -0.2) is 9.59 Å². The highest BCUT2D eigenvalue weighted by Gasteiger charge is 2.17. The van der Waals surface area contributed by atoms with Gasteiger partial charge in [0.1, 0.15) is 0 Å². The lowest BCUT2D eigenvalue weighted by atomic mass is 10.1. The molecular formula is C16H22N2O3. The molecule has 1 fully saturated rings. The van der Waals surface area contributed by atoms with Gasteiger partial charge in [-0.15, -0.1) is 0 Å². The Labute approximate surface area is 124 Å². The van der Waals surface area contributed by atoms with Crippen molar-refractivity contribution < 1.29 is 14.7 Å². The number of urea groups is 1. The number of carbonyl (C=O) groups is 2. The molecule has 5 heteroatoms. The first-order chi connectivity index (χ1) is 10.1. The molecule has 5 nitrogen and oxygen atoms in total. The summed E-state index contributed by atoms with van der Waals surface area (Å²) in [4.78, 5) is 23.3. The monoisotopic (exact) mass is 290 g/mol. The van der Waals surface area contributed by atoms with E-state index in [2.05, 4.69) is 10.6 Å². The van der Waals surface area contributed by atoms with Crippen molar-refractivity contribution in [1.82, 2.24) is 5.32 Å². The van der Waals surface area contributed by atoms with E-state index in [9.17, 15) is 14.7 Å². The molecule has 1 aliphatic carbocycles. The Morgan fingerprint density at radius 2 is 1.81 bits per heavy atom. The summed E-state index contributed by atoms with van der Waals surface area (Å²) in [6.45, 7) is 1.79. The molecule has 0 aromatic heterocycles. The maximum atomic E-state index is 12.1. The Morgan fingerprint density at radius 3 is 2.43 bits per heavy atom. The van der Waals surface area contributed by atoms with E-state index in [1.165, 1.54) is 18.9 Å². The van der Waals surface area contributed by atoms with Gasteiger partial charge >= 0.3 is 12.0 Å². The van der Waals surface area contributed by atoms with Gasteiger partial charge in [0, 0.05) is 6.04 Å². The molecule has 0 radical (unpaired) electrons. The van der Waals surface area contributed by atoms with Gasteiger partial charge in [0.15, 0.2) is 0 Å². The van der Waals surface area contributed by atoms with Crippen LogP contribution in [0.25, 0.3) is 0 Å². The van der Waals surface area contributed by atoms with Gasteiger partial charge < -0.3 is 15.7 Å². The van der Waals surface area contributed by atoms with Crippen molar-refractivity contribution in [3.05, 3.63) is 29.3 Å². The minimum atomic E-state index is -1.04. The third kappa shape index (κ3) is 4.21. The molecule has 1 saturated carbocycles. The molecule has 114 valence electrons. The van der Waals surface area contributed by atoms with Crippen molar-refractivity contribution in [3.63, 3.8) is 0 Å². The van der Waals surface area contributed by atoms with E-state index in [0.717, 1.165) is 31.2 Å². The summed E-state index contributed by atoms with van der Waals surface area (Å²) in [6, 6.07) is 4.82. The molecule has 21 heavy (non-hydrogen) atoms. The molecule has 1 aliphatic rings. The highest BCUT2D eigenvalue weighted by molar-refractivity contribution is 6.01. The van der Waals surface area contributed by atoms with Crippen LogP contribution in [0, 0.1) is 6.92 Å². The third-order valence-electron chi connectivity index (χ3n) is 3.93. The fourth-order valence-corrected chi connectivity index (χ4v) is 2.77. The summed E-state index contributed by atoms with van der Waals surface area (Å²) in [7, 11) is 0. The number of carboxylic acids is 1. The summed E-state index contributed by atoms with van der Waals surface area (Å²) < 4.78 is 0. The number of carbonyl (C=O) groups excluding carboxylic acids is 1. The molecule has 2 rings (SSSR count). The molecule has 0 atom stereocenters. The van der Waals surface area contributed by atoms with Crippen molar-refractivity contribution in [1.29, 1.82) is 0 Å². The molecule has 0 aliphatic heterocycles. The van der Waals surface area contributed by atoms with Gasteiger partial charge in [0.2, 0.25) is 0 Å². The quantitative estimate of drug-likeness (QED) is 0.745. The van der Waals surface area contributed by atoms with Gasteiger partial charge in [0.05, 0.1) is 11.3 Å². The number of aromatic carboxylic acids is 1. The standard InChI is InChI=1S/C16H22N2O3/c1-11-7-6-10-13(15(19)20)14(11)18-16(21)17-12-8-4-2-3-5-9-12/h6-7,10,12H,2-5,8-9H2,1H3,(H,19,20)(H2,17,18,21). The van der Waals surface area contributed by atoms with Crippen LogP contribution in [0.3, 0.4) is 0 Å². The van der Waals surface area contributed by atoms with E-state index < -0.39 is 5.97 Å². The predicted octanol–water partition coefficient (Wildman–Crippen LogP) is 3.54. The number of para-hydroxylation sites is 1. The topological polar surface area (TPSA) is 78.4 Å². The average molecular weight is 290 g/mol. The Balaban J connectivity index is 2.03. The normalized spacial score (nSPS) is 16.0. The van der Waals surface area contributed by atoms with E-state index >= 15 is 0 Å². The zero-order valence-corrected chi connectivity index (χ0v) is 12.3. The number of amides is 2. The summed E-state index contributed by atoms with van der Waals surface area (Å²) in [5.41, 5.74) is 1.23. The Morgan fingerprint density at radius 1 is 1.14 bits per heavy atom. The molecule has 3 N–H and O–H groups in total. The summed E-state index contributed by atoms with van der Waals surface area (Å²) in [5, 5.41) is 14.8. The van der Waals surface area contributed by atoms with Crippen LogP contribution in [0.2, 0.25) is 0 Å². The highest BCUT2D eigenvalue weighted by Crippen LogP contribution is 2.21. The van der Waals surface area contributed by atoms with E-state index in [0.29, 0.717) is 5.69 Å². The van der Waals surface area contributed by atoms with Gasteiger partial charge in [-0.05, 0) is 31.4 Å². The fraction of sp³-hybridized carbons (Fsp3) is 0.500. The van der Waals surface area contributed by atoms with Crippen LogP contribution in [-0.4, -0.2) is 23.1 Å². The Bertz CT molecular complexity index is 520. The fourth-order valence-electron chi connectivity index (χ4n) is 2.77. The van der Waals surface area contributed by atoms with Gasteiger partial charge in [-0.2, -0.15) is 0 Å². The van der Waals surface area contributed by atoms with E-state index in [-0.39, 0.29) is 17.6 Å². The smallest absolute Gasteiger partial charge is 0.337 e. The van der Waals surface area contributed by atoms with Crippen molar-refractivity contribution in [2.75, 3.05) is 5.32 Å². The molecule has 2 amide bonds. The van der Waals surface area contributed by atoms with Crippen molar-refractivity contribution in [3.8, 4) is 0 Å².